The van der Waals surface area contributed by atoms with Gasteiger partial charge in [0.2, 0.25) is 0 Å². The van der Waals surface area contributed by atoms with Gasteiger partial charge in [0.25, 0.3) is 0 Å². The first kappa shape index (κ1) is 30.8. The second-order valence-corrected chi connectivity index (χ2v) is 8.14. The number of rotatable bonds is 20. The molecule has 0 bridgehead atoms. The molecule has 4 nitrogen and oxygen atoms in total. The molecule has 2 N–H and O–H groups in total. The van der Waals surface area contributed by atoms with Crippen molar-refractivity contribution in [2.24, 2.45) is 5.41 Å². The van der Waals surface area contributed by atoms with Gasteiger partial charge in [-0.3, -0.25) is 9.59 Å². The van der Waals surface area contributed by atoms with Gasteiger partial charge < -0.3 is 11.6 Å². The first-order valence-electron chi connectivity index (χ1n) is 11.5. The molecule has 0 fully saturated rings. The molecule has 0 amide bonds. The summed E-state index contributed by atoms with van der Waals surface area (Å²) in [7, 11) is 0. The van der Waals surface area contributed by atoms with Crippen molar-refractivity contribution in [1.82, 2.24) is 0 Å². The van der Waals surface area contributed by atoms with Gasteiger partial charge in [0.05, 0.1) is 0 Å². The Hall–Kier alpha value is 0.576. The molecule has 0 aromatic carbocycles. The molecule has 0 spiro atoms. The van der Waals surface area contributed by atoms with Crippen LogP contribution in [-0.2, 0) is 9.59 Å². The maximum Gasteiger partial charge on any atom is 1.00 e. The summed E-state index contributed by atoms with van der Waals surface area (Å²) in [4.78, 5) is 23.5. The molecule has 0 radical (unpaired) electrons. The van der Waals surface area contributed by atoms with E-state index in [2.05, 4.69) is 13.8 Å². The van der Waals surface area contributed by atoms with E-state index >= 15 is 0 Å². The van der Waals surface area contributed by atoms with Gasteiger partial charge in [0, 0.05) is 0 Å². The Labute approximate surface area is 217 Å². The average molecular weight is 425 g/mol. The zero-order valence-corrected chi connectivity index (χ0v) is 22.1. The van der Waals surface area contributed by atoms with Crippen molar-refractivity contribution in [3.8, 4) is 0 Å². The molecule has 0 aliphatic heterocycles. The summed E-state index contributed by atoms with van der Waals surface area (Å²) in [5.74, 6) is -2.31. The topological polar surface area (TPSA) is 74.6 Å². The minimum atomic E-state index is -1.58. The Bertz CT molecular complexity index is 377. The third-order valence-corrected chi connectivity index (χ3v) is 5.73. The minimum absolute atomic E-state index is 0. The van der Waals surface area contributed by atoms with Crippen LogP contribution < -0.4 is 51.4 Å². The molecule has 28 heavy (non-hydrogen) atoms. The molecule has 0 heterocycles. The van der Waals surface area contributed by atoms with Crippen LogP contribution in [0.5, 0.6) is 0 Å². The maximum absolute atomic E-state index is 11.7. The number of aliphatic carboxylic acids is 2. The zero-order chi connectivity index (χ0) is 20.4. The van der Waals surface area contributed by atoms with Crippen LogP contribution in [0.3, 0.4) is 0 Å². The summed E-state index contributed by atoms with van der Waals surface area (Å²) in [5.41, 5.74) is -1.58. The van der Waals surface area contributed by atoms with Crippen LogP contribution in [-0.4, -0.2) is 22.2 Å². The van der Waals surface area contributed by atoms with Gasteiger partial charge in [-0.05, 0) is 12.8 Å². The van der Waals surface area contributed by atoms with E-state index in [4.69, 9.17) is 0 Å². The molecule has 0 aromatic rings. The van der Waals surface area contributed by atoms with E-state index in [1.54, 1.807) is 0 Å². The number of carboxylic acids is 2. The molecule has 0 atom stereocenters. The molecule has 0 aromatic heterocycles. The quantitative estimate of drug-likeness (QED) is 0.173. The van der Waals surface area contributed by atoms with E-state index < -0.39 is 17.4 Å². The predicted molar refractivity (Wildman–Crippen MR) is 113 cm³/mol. The Morgan fingerprint density at radius 2 is 0.821 bits per heavy atom. The minimum Gasteiger partial charge on any atom is -1.00 e. The first-order valence-corrected chi connectivity index (χ1v) is 11.5. The van der Waals surface area contributed by atoms with Crippen LogP contribution in [0.25, 0.3) is 0 Å². The van der Waals surface area contributed by atoms with E-state index in [-0.39, 0.29) is 65.7 Å². The van der Waals surface area contributed by atoms with Crippen molar-refractivity contribution in [3.63, 3.8) is 0 Å². The third-order valence-electron chi connectivity index (χ3n) is 5.73. The van der Waals surface area contributed by atoms with E-state index in [1.807, 2.05) is 0 Å². The molecule has 0 unspecified atom stereocenters. The van der Waals surface area contributed by atoms with Crippen molar-refractivity contribution in [3.05, 3.63) is 0 Å². The summed E-state index contributed by atoms with van der Waals surface area (Å²) < 4.78 is 0. The molecule has 0 aliphatic rings. The molecule has 0 saturated heterocycles. The van der Waals surface area contributed by atoms with Crippen molar-refractivity contribution >= 4 is 11.9 Å². The Kier molecular flexibility index (Phi) is 22.9. The molecular formula is C23H45KO4. The van der Waals surface area contributed by atoms with Gasteiger partial charge in [-0.1, -0.05) is 117 Å². The van der Waals surface area contributed by atoms with Crippen molar-refractivity contribution in [2.75, 3.05) is 0 Å². The monoisotopic (exact) mass is 424 g/mol. The Balaban J connectivity index is -0.00000338. The number of hydrogen-bond donors (Lipinski definition) is 2. The second-order valence-electron chi connectivity index (χ2n) is 8.14. The van der Waals surface area contributed by atoms with E-state index in [0.29, 0.717) is 12.8 Å². The van der Waals surface area contributed by atoms with Gasteiger partial charge in [-0.25, -0.2) is 0 Å². The first-order chi connectivity index (χ1) is 13.0. The second kappa shape index (κ2) is 20.8. The third kappa shape index (κ3) is 14.5. The van der Waals surface area contributed by atoms with Crippen LogP contribution in [0.4, 0.5) is 0 Å². The number of unbranched alkanes of at least 4 members (excludes halogenated alkanes) is 14. The molecular weight excluding hydrogens is 379 g/mol. The molecule has 0 rings (SSSR count). The smallest absolute Gasteiger partial charge is 1.00 e. The molecule has 0 saturated carbocycles. The predicted octanol–water partition coefficient (Wildman–Crippen LogP) is 4.32. The Morgan fingerprint density at radius 1 is 0.571 bits per heavy atom. The van der Waals surface area contributed by atoms with Crippen molar-refractivity contribution in [2.45, 2.75) is 129 Å². The van der Waals surface area contributed by atoms with E-state index in [0.717, 1.165) is 32.1 Å². The van der Waals surface area contributed by atoms with E-state index in [9.17, 15) is 19.8 Å². The number of carbonyl (C=O) groups is 2. The zero-order valence-electron chi connectivity index (χ0n) is 19.9. The van der Waals surface area contributed by atoms with Gasteiger partial charge in [-0.15, -0.1) is 0 Å². The van der Waals surface area contributed by atoms with Crippen molar-refractivity contribution in [1.29, 1.82) is 0 Å². The van der Waals surface area contributed by atoms with E-state index in [1.165, 1.54) is 57.8 Å². The van der Waals surface area contributed by atoms with Crippen LogP contribution in [0.2, 0.25) is 0 Å². The summed E-state index contributed by atoms with van der Waals surface area (Å²) in [6, 6.07) is 0. The normalized spacial score (nSPS) is 11.2. The standard InChI is InChI=1S/C23H44O4.K.H/c1-3-5-7-9-11-12-13-14-16-18-20-23(21(24)25,22(26)27)19-17-15-10-8-6-4-2;;/h3-20H2,1-2H3,(H,24,25)(H,26,27);;/q;+1;-1. The summed E-state index contributed by atoms with van der Waals surface area (Å²) in [6.07, 6.45) is 18.4. The van der Waals surface area contributed by atoms with Crippen LogP contribution in [0.1, 0.15) is 131 Å². The van der Waals surface area contributed by atoms with Gasteiger partial charge >= 0.3 is 63.3 Å². The Morgan fingerprint density at radius 3 is 1.07 bits per heavy atom. The average Bonchev–Trinajstić information content (AvgIpc) is 2.63. The van der Waals surface area contributed by atoms with Gasteiger partial charge in [0.1, 0.15) is 0 Å². The summed E-state index contributed by atoms with van der Waals surface area (Å²) >= 11 is 0. The van der Waals surface area contributed by atoms with Crippen LogP contribution >= 0.6 is 0 Å². The SMILES string of the molecule is CCCCCCCCCCCCC(CCCCCCCC)(C(=O)O)C(=O)O.[H-].[K+]. The fourth-order valence-electron chi connectivity index (χ4n) is 3.77. The summed E-state index contributed by atoms with van der Waals surface area (Å²) in [6.45, 7) is 4.38. The van der Waals surface area contributed by atoms with Crippen molar-refractivity contribution < 1.29 is 72.6 Å². The number of carboxylic acid groups (broad SMARTS) is 2. The van der Waals surface area contributed by atoms with Gasteiger partial charge in [0.15, 0.2) is 5.41 Å². The van der Waals surface area contributed by atoms with Gasteiger partial charge in [-0.2, -0.15) is 0 Å². The molecule has 162 valence electrons. The molecule has 0 aliphatic carbocycles. The van der Waals surface area contributed by atoms with Crippen LogP contribution in [0, 0.1) is 5.41 Å². The largest absolute Gasteiger partial charge is 1.00 e. The summed E-state index contributed by atoms with van der Waals surface area (Å²) in [5, 5.41) is 19.2. The fraction of sp³-hybridized carbons (Fsp3) is 0.913. The number of hydrogen-bond acceptors (Lipinski definition) is 2. The maximum atomic E-state index is 11.7. The van der Waals surface area contributed by atoms with Crippen LogP contribution in [0.15, 0.2) is 0 Å². The molecule has 5 heteroatoms. The fourth-order valence-corrected chi connectivity index (χ4v) is 3.77.